The average Bonchev–Trinajstić information content (AvgIpc) is 2.79. The van der Waals surface area contributed by atoms with Crippen LogP contribution in [0.5, 0.6) is 5.75 Å². The maximum Gasteiger partial charge on any atom is 0.257 e. The molecule has 0 aliphatic heterocycles. The second-order valence-corrected chi connectivity index (χ2v) is 7.47. The van der Waals surface area contributed by atoms with Gasteiger partial charge in [-0.2, -0.15) is 0 Å². The molecule has 0 saturated carbocycles. The van der Waals surface area contributed by atoms with Crippen LogP contribution in [-0.4, -0.2) is 40.1 Å². The summed E-state index contributed by atoms with van der Waals surface area (Å²) >= 11 is 0. The van der Waals surface area contributed by atoms with Crippen molar-refractivity contribution in [3.8, 4) is 28.1 Å². The zero-order chi connectivity index (χ0) is 22.1. The number of halogens is 1. The number of carbonyl (C=O) groups is 1. The molecule has 1 aromatic heterocycles. The first-order valence-electron chi connectivity index (χ1n) is 9.73. The highest BCUT2D eigenvalue weighted by Gasteiger charge is 2.19. The fraction of sp³-hybridized carbons (Fsp3) is 0.120. The summed E-state index contributed by atoms with van der Waals surface area (Å²) in [6, 6.07) is 17.0. The highest BCUT2D eigenvalue weighted by atomic mass is 19.1. The van der Waals surface area contributed by atoms with E-state index in [4.69, 9.17) is 5.11 Å². The Morgan fingerprint density at radius 2 is 1.74 bits per heavy atom. The van der Waals surface area contributed by atoms with E-state index in [1.807, 2.05) is 12.1 Å². The fourth-order valence-corrected chi connectivity index (χ4v) is 3.58. The third-order valence-electron chi connectivity index (χ3n) is 5.22. The number of aromatic hydroxyl groups is 1. The van der Waals surface area contributed by atoms with Crippen LogP contribution in [0.2, 0.25) is 0 Å². The smallest absolute Gasteiger partial charge is 0.257 e. The van der Waals surface area contributed by atoms with Gasteiger partial charge in [0.2, 0.25) is 0 Å². The lowest BCUT2D eigenvalue weighted by atomic mass is 9.96. The van der Waals surface area contributed by atoms with Crippen LogP contribution in [0, 0.1) is 5.82 Å². The number of aliphatic hydroxyl groups is 1. The molecule has 4 rings (SSSR count). The van der Waals surface area contributed by atoms with Crippen molar-refractivity contribution in [2.45, 2.75) is 6.61 Å². The van der Waals surface area contributed by atoms with Crippen molar-refractivity contribution in [2.75, 3.05) is 14.1 Å². The Morgan fingerprint density at radius 3 is 2.35 bits per heavy atom. The van der Waals surface area contributed by atoms with Gasteiger partial charge < -0.3 is 15.1 Å². The molecule has 0 fully saturated rings. The van der Waals surface area contributed by atoms with Crippen LogP contribution in [-0.2, 0) is 6.61 Å². The number of nitrogens with zero attached hydrogens (tertiary/aromatic N) is 2. The number of hydrogen-bond donors (Lipinski definition) is 2. The van der Waals surface area contributed by atoms with Crippen LogP contribution < -0.4 is 0 Å². The second-order valence-electron chi connectivity index (χ2n) is 7.47. The largest absolute Gasteiger partial charge is 0.506 e. The lowest BCUT2D eigenvalue weighted by molar-refractivity contribution is 0.0825. The first-order chi connectivity index (χ1) is 14.9. The predicted octanol–water partition coefficient (Wildman–Crippen LogP) is 4.61. The summed E-state index contributed by atoms with van der Waals surface area (Å²) in [6.45, 7) is -0.226. The lowest BCUT2D eigenvalue weighted by Gasteiger charge is -2.16. The zero-order valence-corrected chi connectivity index (χ0v) is 17.1. The maximum atomic E-state index is 14.4. The minimum atomic E-state index is -0.435. The summed E-state index contributed by atoms with van der Waals surface area (Å²) in [6.07, 6.45) is 1.57. The Labute approximate surface area is 179 Å². The topological polar surface area (TPSA) is 73.7 Å². The van der Waals surface area contributed by atoms with Gasteiger partial charge >= 0.3 is 0 Å². The van der Waals surface area contributed by atoms with E-state index < -0.39 is 5.82 Å². The van der Waals surface area contributed by atoms with Crippen LogP contribution in [0.1, 0.15) is 15.9 Å². The van der Waals surface area contributed by atoms with E-state index in [-0.39, 0.29) is 23.8 Å². The van der Waals surface area contributed by atoms with E-state index in [1.165, 1.54) is 11.0 Å². The van der Waals surface area contributed by atoms with E-state index in [0.717, 1.165) is 5.39 Å². The summed E-state index contributed by atoms with van der Waals surface area (Å²) in [5.74, 6) is -0.817. The van der Waals surface area contributed by atoms with Crippen LogP contribution in [0.3, 0.4) is 0 Å². The van der Waals surface area contributed by atoms with Crippen molar-refractivity contribution in [3.63, 3.8) is 0 Å². The third kappa shape index (κ3) is 3.73. The summed E-state index contributed by atoms with van der Waals surface area (Å²) in [4.78, 5) is 18.5. The van der Waals surface area contributed by atoms with Crippen molar-refractivity contribution in [1.82, 2.24) is 9.88 Å². The Hall–Kier alpha value is -3.77. The standard InChI is InChI=1S/C25H21FN2O3/c1-28(2)25(31)21-12-20(18-5-3-4-6-19(18)24(21)30)23-10-8-16(13-27-23)17-9-7-15(14-29)11-22(17)26/h3-13,29-30H,14H2,1-2H3. The molecule has 0 bridgehead atoms. The van der Waals surface area contributed by atoms with E-state index >= 15 is 0 Å². The maximum absolute atomic E-state index is 14.4. The summed E-state index contributed by atoms with van der Waals surface area (Å²) in [5, 5.41) is 21.2. The van der Waals surface area contributed by atoms with Gasteiger partial charge in [-0.3, -0.25) is 9.78 Å². The number of aliphatic hydroxyl groups excluding tert-OH is 1. The van der Waals surface area contributed by atoms with Gasteiger partial charge in [0.25, 0.3) is 5.91 Å². The number of amides is 1. The molecule has 0 spiro atoms. The molecule has 0 atom stereocenters. The lowest BCUT2D eigenvalue weighted by Crippen LogP contribution is -2.21. The van der Waals surface area contributed by atoms with Crippen LogP contribution in [0.4, 0.5) is 4.39 Å². The van der Waals surface area contributed by atoms with Crippen molar-refractivity contribution in [3.05, 3.63) is 83.8 Å². The number of aromatic nitrogens is 1. The van der Waals surface area contributed by atoms with E-state index in [9.17, 15) is 14.3 Å². The van der Waals surface area contributed by atoms with Crippen LogP contribution >= 0.6 is 0 Å². The molecule has 2 N–H and O–H groups in total. The predicted molar refractivity (Wildman–Crippen MR) is 118 cm³/mol. The van der Waals surface area contributed by atoms with Gasteiger partial charge in [0.15, 0.2) is 0 Å². The third-order valence-corrected chi connectivity index (χ3v) is 5.22. The van der Waals surface area contributed by atoms with Crippen molar-refractivity contribution >= 4 is 16.7 Å². The molecular formula is C25H21FN2O3. The quantitative estimate of drug-likeness (QED) is 0.510. The molecule has 6 heteroatoms. The van der Waals surface area contributed by atoms with Gasteiger partial charge in [0, 0.05) is 42.4 Å². The zero-order valence-electron chi connectivity index (χ0n) is 17.1. The minimum absolute atomic E-state index is 0.0688. The average molecular weight is 416 g/mol. The molecule has 0 aliphatic rings. The SMILES string of the molecule is CN(C)C(=O)c1cc(-c2ccc(-c3ccc(CO)cc3F)cn2)c2ccccc2c1O. The van der Waals surface area contributed by atoms with Gasteiger partial charge in [0.05, 0.1) is 17.9 Å². The van der Waals surface area contributed by atoms with E-state index in [0.29, 0.717) is 33.3 Å². The molecule has 1 amide bonds. The molecule has 0 aliphatic carbocycles. The molecule has 156 valence electrons. The number of pyridine rings is 1. The number of hydrogen-bond acceptors (Lipinski definition) is 4. The number of phenolic OH excluding ortho intramolecular Hbond substituents is 1. The first-order valence-corrected chi connectivity index (χ1v) is 9.73. The fourth-order valence-electron chi connectivity index (χ4n) is 3.58. The number of phenols is 1. The Morgan fingerprint density at radius 1 is 1.00 bits per heavy atom. The molecular weight excluding hydrogens is 395 g/mol. The van der Waals surface area contributed by atoms with Gasteiger partial charge in [-0.15, -0.1) is 0 Å². The Balaban J connectivity index is 1.84. The van der Waals surface area contributed by atoms with E-state index in [1.54, 1.807) is 62.8 Å². The Kier molecular flexibility index (Phi) is 5.40. The Bertz CT molecular complexity index is 1280. The number of fused-ring (bicyclic) bond motifs is 1. The molecule has 31 heavy (non-hydrogen) atoms. The van der Waals surface area contributed by atoms with Gasteiger partial charge in [-0.05, 0) is 29.1 Å². The summed E-state index contributed by atoms with van der Waals surface area (Å²) in [5.41, 5.74) is 2.96. The molecule has 4 aromatic rings. The van der Waals surface area contributed by atoms with Gasteiger partial charge in [-0.25, -0.2) is 4.39 Å². The van der Waals surface area contributed by atoms with Crippen LogP contribution in [0.25, 0.3) is 33.2 Å². The number of rotatable bonds is 4. The molecule has 0 saturated heterocycles. The molecule has 5 nitrogen and oxygen atoms in total. The molecule has 0 radical (unpaired) electrons. The molecule has 0 unspecified atom stereocenters. The summed E-state index contributed by atoms with van der Waals surface area (Å²) in [7, 11) is 3.25. The van der Waals surface area contributed by atoms with Crippen LogP contribution in [0.15, 0.2) is 66.9 Å². The van der Waals surface area contributed by atoms with E-state index in [2.05, 4.69) is 4.98 Å². The highest BCUT2D eigenvalue weighted by molar-refractivity contribution is 6.08. The molecule has 1 heterocycles. The van der Waals surface area contributed by atoms with Crippen molar-refractivity contribution in [1.29, 1.82) is 0 Å². The van der Waals surface area contributed by atoms with Gasteiger partial charge in [0.1, 0.15) is 11.6 Å². The molecule has 3 aromatic carbocycles. The highest BCUT2D eigenvalue weighted by Crippen LogP contribution is 2.37. The second kappa shape index (κ2) is 8.16. The summed E-state index contributed by atoms with van der Waals surface area (Å²) < 4.78 is 14.4. The monoisotopic (exact) mass is 416 g/mol. The number of carbonyl (C=O) groups excluding carboxylic acids is 1. The number of benzene rings is 3. The van der Waals surface area contributed by atoms with Gasteiger partial charge in [-0.1, -0.05) is 42.5 Å². The normalized spacial score (nSPS) is 11.0. The minimum Gasteiger partial charge on any atom is -0.506 e. The first kappa shape index (κ1) is 20.5. The van der Waals surface area contributed by atoms with Crippen molar-refractivity contribution < 1.29 is 19.4 Å². The van der Waals surface area contributed by atoms with Crippen molar-refractivity contribution in [2.24, 2.45) is 0 Å².